The first-order chi connectivity index (χ1) is 12.0. The lowest BCUT2D eigenvalue weighted by molar-refractivity contribution is -0.123. The molecule has 0 bridgehead atoms. The summed E-state index contributed by atoms with van der Waals surface area (Å²) in [5.74, 6) is -0.158. The lowest BCUT2D eigenvalue weighted by Crippen LogP contribution is -2.47. The van der Waals surface area contributed by atoms with Crippen molar-refractivity contribution in [3.05, 3.63) is 54.1 Å². The van der Waals surface area contributed by atoms with Crippen LogP contribution in [0.1, 0.15) is 31.0 Å². The van der Waals surface area contributed by atoms with Gasteiger partial charge in [0.05, 0.1) is 23.7 Å². The molecule has 2 heterocycles. The van der Waals surface area contributed by atoms with Crippen LogP contribution in [0.25, 0.3) is 0 Å². The van der Waals surface area contributed by atoms with E-state index >= 15 is 0 Å². The molecule has 6 nitrogen and oxygen atoms in total. The Labute approximate surface area is 172 Å². The van der Waals surface area contributed by atoms with E-state index in [4.69, 9.17) is 10.5 Å². The van der Waals surface area contributed by atoms with Crippen molar-refractivity contribution in [3.8, 4) is 0 Å². The third kappa shape index (κ3) is 6.81. The molecule has 3 N–H and O–H groups in total. The fraction of sp³-hybridized carbons (Fsp3) is 0.474. The van der Waals surface area contributed by atoms with Gasteiger partial charge < -0.3 is 20.4 Å². The number of aromatic nitrogens is 2. The Kier molecular flexibility index (Phi) is 9.26. The minimum atomic E-state index is -0.606. The van der Waals surface area contributed by atoms with E-state index in [1.54, 1.807) is 6.33 Å². The largest absolute Gasteiger partial charge is 0.373 e. The first-order valence-electron chi connectivity index (χ1n) is 8.76. The normalized spacial score (nSPS) is 19.6. The van der Waals surface area contributed by atoms with Gasteiger partial charge in [0.2, 0.25) is 5.91 Å². The van der Waals surface area contributed by atoms with E-state index in [-0.39, 0.29) is 36.3 Å². The lowest BCUT2D eigenvalue weighted by atomic mass is 10.0. The molecule has 2 atom stereocenters. The van der Waals surface area contributed by atoms with Crippen LogP contribution in [-0.2, 0) is 22.5 Å². The van der Waals surface area contributed by atoms with E-state index in [1.807, 2.05) is 35.9 Å². The van der Waals surface area contributed by atoms with Crippen LogP contribution in [-0.4, -0.2) is 40.3 Å². The number of carbonyl (C=O) groups excluding carboxylic acids is 1. The third-order valence-electron chi connectivity index (χ3n) is 4.60. The number of hydrogen-bond donors (Lipinski definition) is 2. The molecule has 0 radical (unpaired) electrons. The van der Waals surface area contributed by atoms with Gasteiger partial charge in [0.25, 0.3) is 0 Å². The lowest BCUT2D eigenvalue weighted by Gasteiger charge is -2.24. The molecular weight excluding hydrogens is 387 g/mol. The van der Waals surface area contributed by atoms with Crippen molar-refractivity contribution >= 4 is 30.7 Å². The Morgan fingerprint density at radius 3 is 2.78 bits per heavy atom. The quantitative estimate of drug-likeness (QED) is 0.727. The number of benzene rings is 1. The van der Waals surface area contributed by atoms with Crippen LogP contribution in [0.5, 0.6) is 0 Å². The molecule has 1 fully saturated rings. The van der Waals surface area contributed by atoms with E-state index in [1.165, 1.54) is 5.56 Å². The SMILES string of the molecule is CC1(CNC(=O)[C@@H](N)Cc2cn(Cc3ccccc3)cn2)CCCO1.Cl.Cl. The maximum absolute atomic E-state index is 12.2. The summed E-state index contributed by atoms with van der Waals surface area (Å²) in [4.78, 5) is 16.6. The molecule has 1 amide bonds. The van der Waals surface area contributed by atoms with Crippen LogP contribution in [0.2, 0.25) is 0 Å². The highest BCUT2D eigenvalue weighted by Gasteiger charge is 2.30. The zero-order valence-corrected chi connectivity index (χ0v) is 17.1. The highest BCUT2D eigenvalue weighted by atomic mass is 35.5. The Balaban J connectivity index is 0.00000182. The van der Waals surface area contributed by atoms with E-state index in [9.17, 15) is 4.79 Å². The number of rotatable bonds is 7. The third-order valence-corrected chi connectivity index (χ3v) is 4.60. The maximum atomic E-state index is 12.2. The number of nitrogens with two attached hydrogens (primary N) is 1. The van der Waals surface area contributed by atoms with Crippen molar-refractivity contribution in [2.75, 3.05) is 13.2 Å². The van der Waals surface area contributed by atoms with Crippen molar-refractivity contribution in [2.24, 2.45) is 5.73 Å². The van der Waals surface area contributed by atoms with Crippen LogP contribution in [0.4, 0.5) is 0 Å². The molecule has 150 valence electrons. The number of hydrogen-bond acceptors (Lipinski definition) is 4. The van der Waals surface area contributed by atoms with Crippen molar-refractivity contribution in [1.29, 1.82) is 0 Å². The van der Waals surface area contributed by atoms with Gasteiger partial charge in [-0.3, -0.25) is 4.79 Å². The molecule has 1 saturated heterocycles. The maximum Gasteiger partial charge on any atom is 0.237 e. The number of amides is 1. The van der Waals surface area contributed by atoms with Gasteiger partial charge in [-0.15, -0.1) is 24.8 Å². The predicted molar refractivity (Wildman–Crippen MR) is 111 cm³/mol. The number of nitrogens with one attached hydrogen (secondary N) is 1. The Morgan fingerprint density at radius 2 is 2.11 bits per heavy atom. The second kappa shape index (κ2) is 10.7. The van der Waals surface area contributed by atoms with Crippen LogP contribution in [0.3, 0.4) is 0 Å². The summed E-state index contributed by atoms with van der Waals surface area (Å²) < 4.78 is 7.68. The standard InChI is InChI=1S/C19H26N4O2.2ClH/c1-19(8-5-9-25-19)13-21-18(24)17(20)10-16-12-23(14-22-16)11-15-6-3-2-4-7-15;;/h2-4,6-7,12,14,17H,5,8-11,13,20H2,1H3,(H,21,24);2*1H/t17-,19?;;/m0../s1. The van der Waals surface area contributed by atoms with Gasteiger partial charge in [-0.25, -0.2) is 4.98 Å². The number of ether oxygens (including phenoxy) is 1. The molecule has 1 aliphatic rings. The molecule has 2 aromatic rings. The van der Waals surface area contributed by atoms with Gasteiger partial charge in [-0.05, 0) is 25.3 Å². The van der Waals surface area contributed by atoms with E-state index in [0.717, 1.165) is 31.7 Å². The monoisotopic (exact) mass is 414 g/mol. The first kappa shape index (κ1) is 23.4. The molecule has 3 rings (SSSR count). The number of nitrogens with zero attached hydrogens (tertiary/aromatic N) is 2. The summed E-state index contributed by atoms with van der Waals surface area (Å²) in [5.41, 5.74) is 7.81. The van der Waals surface area contributed by atoms with Gasteiger partial charge in [0, 0.05) is 32.3 Å². The summed E-state index contributed by atoms with van der Waals surface area (Å²) >= 11 is 0. The first-order valence-corrected chi connectivity index (χ1v) is 8.76. The summed E-state index contributed by atoms with van der Waals surface area (Å²) in [5, 5.41) is 2.91. The highest BCUT2D eigenvalue weighted by molar-refractivity contribution is 5.85. The topological polar surface area (TPSA) is 82.2 Å². The molecule has 1 aromatic heterocycles. The van der Waals surface area contributed by atoms with E-state index in [2.05, 4.69) is 22.4 Å². The summed E-state index contributed by atoms with van der Waals surface area (Å²) in [6.07, 6.45) is 6.15. The highest BCUT2D eigenvalue weighted by Crippen LogP contribution is 2.23. The van der Waals surface area contributed by atoms with Crippen LogP contribution >= 0.6 is 24.8 Å². The fourth-order valence-corrected chi connectivity index (χ4v) is 3.09. The van der Waals surface area contributed by atoms with Gasteiger partial charge in [-0.2, -0.15) is 0 Å². The minimum absolute atomic E-state index is 0. The zero-order valence-electron chi connectivity index (χ0n) is 15.5. The van der Waals surface area contributed by atoms with Gasteiger partial charge in [-0.1, -0.05) is 30.3 Å². The van der Waals surface area contributed by atoms with Crippen molar-refractivity contribution in [2.45, 2.75) is 44.4 Å². The molecule has 1 unspecified atom stereocenters. The van der Waals surface area contributed by atoms with Gasteiger partial charge in [0.15, 0.2) is 0 Å². The van der Waals surface area contributed by atoms with Crippen LogP contribution in [0, 0.1) is 0 Å². The summed E-state index contributed by atoms with van der Waals surface area (Å²) in [6, 6.07) is 9.57. The molecule has 27 heavy (non-hydrogen) atoms. The zero-order chi connectivity index (χ0) is 17.7. The summed E-state index contributed by atoms with van der Waals surface area (Å²) in [6.45, 7) is 4.04. The second-order valence-corrected chi connectivity index (χ2v) is 6.95. The second-order valence-electron chi connectivity index (χ2n) is 6.95. The van der Waals surface area contributed by atoms with Crippen LogP contribution in [0.15, 0.2) is 42.9 Å². The molecule has 0 aliphatic carbocycles. The molecule has 0 saturated carbocycles. The van der Waals surface area contributed by atoms with E-state index < -0.39 is 6.04 Å². The van der Waals surface area contributed by atoms with Crippen molar-refractivity contribution < 1.29 is 9.53 Å². The Hall–Kier alpha value is -1.60. The Bertz CT molecular complexity index is 703. The Morgan fingerprint density at radius 1 is 1.37 bits per heavy atom. The average molecular weight is 415 g/mol. The predicted octanol–water partition coefficient (Wildman–Crippen LogP) is 2.33. The van der Waals surface area contributed by atoms with E-state index in [0.29, 0.717) is 13.0 Å². The summed E-state index contributed by atoms with van der Waals surface area (Å²) in [7, 11) is 0. The fourth-order valence-electron chi connectivity index (χ4n) is 3.09. The smallest absolute Gasteiger partial charge is 0.237 e. The van der Waals surface area contributed by atoms with Crippen molar-refractivity contribution in [3.63, 3.8) is 0 Å². The van der Waals surface area contributed by atoms with Crippen molar-refractivity contribution in [1.82, 2.24) is 14.9 Å². The average Bonchev–Trinajstić information content (AvgIpc) is 3.23. The molecule has 0 spiro atoms. The number of carbonyl (C=O) groups is 1. The molecular formula is C19H28Cl2N4O2. The number of halogens is 2. The molecule has 1 aromatic carbocycles. The minimum Gasteiger partial charge on any atom is -0.373 e. The van der Waals surface area contributed by atoms with Gasteiger partial charge in [0.1, 0.15) is 0 Å². The van der Waals surface area contributed by atoms with Gasteiger partial charge >= 0.3 is 0 Å². The molecule has 1 aliphatic heterocycles. The van der Waals surface area contributed by atoms with Crippen LogP contribution < -0.4 is 11.1 Å². The number of imidazole rings is 1. The molecule has 8 heteroatoms.